The molecule has 0 bridgehead atoms. The van der Waals surface area contributed by atoms with E-state index in [9.17, 15) is 0 Å². The zero-order valence-electron chi connectivity index (χ0n) is 9.03. The average molecular weight is 215 g/mol. The zero-order chi connectivity index (χ0) is 10.8. The number of nitrogens with zero attached hydrogens (tertiary/aromatic N) is 2. The maximum absolute atomic E-state index is 9.07. The first-order valence-electron chi connectivity index (χ1n) is 4.67. The van der Waals surface area contributed by atoms with Crippen LogP contribution >= 0.6 is 11.5 Å². The molecule has 0 saturated heterocycles. The molecule has 2 N–H and O–H groups in total. The molecule has 0 radical (unpaired) electrons. The third kappa shape index (κ3) is 2.92. The number of hydrogen-bond donors (Lipinski definition) is 2. The minimum absolute atomic E-state index is 0.0730. The fraction of sp³-hybridized carbons (Fsp3) is 0.778. The highest BCUT2D eigenvalue weighted by molar-refractivity contribution is 7.09. The van der Waals surface area contributed by atoms with Crippen molar-refractivity contribution in [1.29, 1.82) is 0 Å². The molecule has 1 aromatic rings. The molecule has 0 unspecified atom stereocenters. The molecule has 0 aliphatic rings. The minimum atomic E-state index is -0.340. The Morgan fingerprint density at radius 3 is 2.57 bits per heavy atom. The van der Waals surface area contributed by atoms with Crippen LogP contribution in [0.1, 0.15) is 39.4 Å². The van der Waals surface area contributed by atoms with Gasteiger partial charge in [0, 0.05) is 17.5 Å². The Hall–Kier alpha value is -0.680. The summed E-state index contributed by atoms with van der Waals surface area (Å²) in [5.74, 6) is 1.20. The van der Waals surface area contributed by atoms with E-state index in [0.717, 1.165) is 11.0 Å². The number of aromatic nitrogens is 2. The first-order valence-corrected chi connectivity index (χ1v) is 5.44. The first kappa shape index (κ1) is 11.4. The predicted molar refractivity (Wildman–Crippen MR) is 58.8 cm³/mol. The largest absolute Gasteiger partial charge is 0.394 e. The molecule has 0 fully saturated rings. The van der Waals surface area contributed by atoms with Crippen molar-refractivity contribution in [1.82, 2.24) is 9.36 Å². The van der Waals surface area contributed by atoms with Crippen LogP contribution in [0.2, 0.25) is 0 Å². The van der Waals surface area contributed by atoms with Crippen molar-refractivity contribution in [3.05, 3.63) is 5.82 Å². The second-order valence-electron chi connectivity index (χ2n) is 4.28. The molecule has 1 rings (SSSR count). The number of rotatable bonds is 4. The van der Waals surface area contributed by atoms with Crippen LogP contribution < -0.4 is 5.32 Å². The SMILES string of the molecule is CC(C)c1nsc(NC(C)(C)CO)n1. The lowest BCUT2D eigenvalue weighted by Crippen LogP contribution is -2.34. The van der Waals surface area contributed by atoms with Gasteiger partial charge in [-0.3, -0.25) is 0 Å². The van der Waals surface area contributed by atoms with Gasteiger partial charge in [-0.2, -0.15) is 4.37 Å². The van der Waals surface area contributed by atoms with Gasteiger partial charge in [0.05, 0.1) is 12.1 Å². The fourth-order valence-electron chi connectivity index (χ4n) is 0.849. The standard InChI is InChI=1S/C9H17N3OS/c1-6(2)7-10-8(14-12-7)11-9(3,4)5-13/h6,13H,5H2,1-4H3,(H,10,11,12). The quantitative estimate of drug-likeness (QED) is 0.804. The van der Waals surface area contributed by atoms with E-state index in [4.69, 9.17) is 5.11 Å². The van der Waals surface area contributed by atoms with Gasteiger partial charge in [-0.25, -0.2) is 4.98 Å². The summed E-state index contributed by atoms with van der Waals surface area (Å²) in [4.78, 5) is 4.33. The Balaban J connectivity index is 2.69. The summed E-state index contributed by atoms with van der Waals surface area (Å²) in [5.41, 5.74) is -0.340. The van der Waals surface area contributed by atoms with E-state index in [1.54, 1.807) is 0 Å². The normalized spacial score (nSPS) is 12.1. The second-order valence-corrected chi connectivity index (χ2v) is 5.03. The molecule has 1 heterocycles. The van der Waals surface area contributed by atoms with E-state index in [0.29, 0.717) is 5.92 Å². The lowest BCUT2D eigenvalue weighted by atomic mass is 10.1. The molecule has 1 aromatic heterocycles. The van der Waals surface area contributed by atoms with E-state index in [1.165, 1.54) is 11.5 Å². The van der Waals surface area contributed by atoms with Crippen LogP contribution in [0.5, 0.6) is 0 Å². The van der Waals surface area contributed by atoms with Gasteiger partial charge in [0.1, 0.15) is 5.82 Å². The van der Waals surface area contributed by atoms with Crippen LogP contribution in [0.4, 0.5) is 5.13 Å². The average Bonchev–Trinajstić information content (AvgIpc) is 2.52. The van der Waals surface area contributed by atoms with E-state index in [1.807, 2.05) is 13.8 Å². The summed E-state index contributed by atoms with van der Waals surface area (Å²) < 4.78 is 4.22. The van der Waals surface area contributed by atoms with Gasteiger partial charge >= 0.3 is 0 Å². The van der Waals surface area contributed by atoms with Crippen LogP contribution in [0.3, 0.4) is 0 Å². The molecule has 0 saturated carbocycles. The van der Waals surface area contributed by atoms with Gasteiger partial charge < -0.3 is 10.4 Å². The number of aliphatic hydroxyl groups is 1. The highest BCUT2D eigenvalue weighted by Crippen LogP contribution is 2.20. The summed E-state index contributed by atoms with van der Waals surface area (Å²) >= 11 is 1.34. The predicted octanol–water partition coefficient (Wildman–Crippen LogP) is 1.84. The molecule has 0 atom stereocenters. The van der Waals surface area contributed by atoms with Crippen LogP contribution in [0.25, 0.3) is 0 Å². The Bertz CT molecular complexity index is 296. The van der Waals surface area contributed by atoms with Crippen molar-refractivity contribution in [2.75, 3.05) is 11.9 Å². The molecule has 0 amide bonds. The van der Waals surface area contributed by atoms with Crippen LogP contribution in [-0.2, 0) is 0 Å². The van der Waals surface area contributed by atoms with Crippen LogP contribution in [0.15, 0.2) is 0 Å². The molecule has 4 nitrogen and oxygen atoms in total. The monoisotopic (exact) mass is 215 g/mol. The van der Waals surface area contributed by atoms with Crippen molar-refractivity contribution < 1.29 is 5.11 Å². The smallest absolute Gasteiger partial charge is 0.203 e. The van der Waals surface area contributed by atoms with Gasteiger partial charge in [-0.15, -0.1) is 0 Å². The van der Waals surface area contributed by atoms with Gasteiger partial charge in [0.25, 0.3) is 0 Å². The second kappa shape index (κ2) is 4.23. The molecule has 0 aromatic carbocycles. The fourth-order valence-corrected chi connectivity index (χ4v) is 1.74. The van der Waals surface area contributed by atoms with Crippen molar-refractivity contribution in [2.45, 2.75) is 39.2 Å². The Labute approximate surface area is 88.6 Å². The molecule has 14 heavy (non-hydrogen) atoms. The number of anilines is 1. The highest BCUT2D eigenvalue weighted by Gasteiger charge is 2.18. The molecular formula is C9H17N3OS. The Morgan fingerprint density at radius 2 is 2.14 bits per heavy atom. The van der Waals surface area contributed by atoms with Crippen LogP contribution in [-0.4, -0.2) is 26.6 Å². The summed E-state index contributed by atoms with van der Waals surface area (Å²) in [5, 5.41) is 13.0. The molecule has 0 aliphatic carbocycles. The number of aliphatic hydroxyl groups excluding tert-OH is 1. The summed E-state index contributed by atoms with van der Waals surface area (Å²) in [6, 6.07) is 0. The lowest BCUT2D eigenvalue weighted by molar-refractivity contribution is 0.234. The molecular weight excluding hydrogens is 198 g/mol. The summed E-state index contributed by atoms with van der Waals surface area (Å²) in [7, 11) is 0. The molecule has 0 spiro atoms. The minimum Gasteiger partial charge on any atom is -0.394 e. The topological polar surface area (TPSA) is 58.0 Å². The summed E-state index contributed by atoms with van der Waals surface area (Å²) in [6.45, 7) is 8.03. The zero-order valence-corrected chi connectivity index (χ0v) is 9.85. The third-order valence-corrected chi connectivity index (χ3v) is 2.44. The van der Waals surface area contributed by atoms with Gasteiger partial charge in [-0.1, -0.05) is 13.8 Å². The van der Waals surface area contributed by atoms with Crippen molar-refractivity contribution in [2.24, 2.45) is 0 Å². The highest BCUT2D eigenvalue weighted by atomic mass is 32.1. The molecule has 0 aliphatic heterocycles. The van der Waals surface area contributed by atoms with Gasteiger partial charge in [0.15, 0.2) is 0 Å². The van der Waals surface area contributed by atoms with Crippen molar-refractivity contribution in [3.8, 4) is 0 Å². The third-order valence-electron chi connectivity index (χ3n) is 1.80. The summed E-state index contributed by atoms with van der Waals surface area (Å²) in [6.07, 6.45) is 0. The Kier molecular flexibility index (Phi) is 3.44. The maximum Gasteiger partial charge on any atom is 0.203 e. The van der Waals surface area contributed by atoms with E-state index in [2.05, 4.69) is 28.5 Å². The van der Waals surface area contributed by atoms with E-state index in [-0.39, 0.29) is 12.1 Å². The van der Waals surface area contributed by atoms with Crippen molar-refractivity contribution in [3.63, 3.8) is 0 Å². The Morgan fingerprint density at radius 1 is 1.50 bits per heavy atom. The van der Waals surface area contributed by atoms with Crippen molar-refractivity contribution >= 4 is 16.7 Å². The maximum atomic E-state index is 9.07. The van der Waals surface area contributed by atoms with Gasteiger partial charge in [-0.05, 0) is 13.8 Å². The number of nitrogens with one attached hydrogen (secondary N) is 1. The number of hydrogen-bond acceptors (Lipinski definition) is 5. The first-order chi connectivity index (χ1) is 6.44. The van der Waals surface area contributed by atoms with Crippen LogP contribution in [0, 0.1) is 0 Å². The molecule has 80 valence electrons. The van der Waals surface area contributed by atoms with E-state index >= 15 is 0 Å². The van der Waals surface area contributed by atoms with E-state index < -0.39 is 0 Å². The van der Waals surface area contributed by atoms with Gasteiger partial charge in [0.2, 0.25) is 5.13 Å². The lowest BCUT2D eigenvalue weighted by Gasteiger charge is -2.22. The molecule has 5 heteroatoms.